The molecule has 2 atom stereocenters. The molecule has 0 N–H and O–H groups in total. The van der Waals surface area contributed by atoms with Crippen LogP contribution in [0.25, 0.3) is 6.08 Å². The van der Waals surface area contributed by atoms with E-state index in [1.54, 1.807) is 12.2 Å². The van der Waals surface area contributed by atoms with E-state index in [-0.39, 0.29) is 5.91 Å². The molecule has 3 heteroatoms. The molecule has 20 heavy (non-hydrogen) atoms. The van der Waals surface area contributed by atoms with Crippen LogP contribution in [0.4, 0.5) is 0 Å². The van der Waals surface area contributed by atoms with Crippen LogP contribution < -0.4 is 0 Å². The van der Waals surface area contributed by atoms with Crippen molar-refractivity contribution < 1.29 is 9.21 Å². The van der Waals surface area contributed by atoms with Crippen molar-refractivity contribution in [3.63, 3.8) is 0 Å². The number of hydrogen-bond acceptors (Lipinski definition) is 2. The van der Waals surface area contributed by atoms with Crippen molar-refractivity contribution >= 4 is 12.0 Å². The molecule has 0 aromatic carbocycles. The van der Waals surface area contributed by atoms with E-state index in [1.807, 2.05) is 19.1 Å². The third kappa shape index (κ3) is 3.53. The summed E-state index contributed by atoms with van der Waals surface area (Å²) in [5.74, 6) is 2.24. The SMILES string of the molecule is CCC(C)C(C)N(C(=O)C=Cc1ccc(C)o1)C1CC1. The van der Waals surface area contributed by atoms with Crippen molar-refractivity contribution in [3.05, 3.63) is 29.7 Å². The van der Waals surface area contributed by atoms with Gasteiger partial charge in [-0.15, -0.1) is 0 Å². The number of furan rings is 1. The average molecular weight is 275 g/mol. The second-order valence-corrected chi connectivity index (χ2v) is 5.88. The number of carbonyl (C=O) groups excluding carboxylic acids is 1. The Balaban J connectivity index is 2.05. The van der Waals surface area contributed by atoms with E-state index >= 15 is 0 Å². The molecule has 0 radical (unpaired) electrons. The number of amides is 1. The molecule has 1 fully saturated rings. The molecule has 1 aromatic rings. The molecule has 2 rings (SSSR count). The zero-order valence-corrected chi connectivity index (χ0v) is 12.9. The fourth-order valence-electron chi connectivity index (χ4n) is 2.46. The molecule has 3 nitrogen and oxygen atoms in total. The average Bonchev–Trinajstić information content (AvgIpc) is 3.17. The van der Waals surface area contributed by atoms with Gasteiger partial charge in [-0.1, -0.05) is 20.3 Å². The Hall–Kier alpha value is -1.51. The minimum absolute atomic E-state index is 0.106. The third-order valence-corrected chi connectivity index (χ3v) is 4.25. The molecule has 0 bridgehead atoms. The first-order valence-electron chi connectivity index (χ1n) is 7.59. The number of hydrogen-bond donors (Lipinski definition) is 0. The first-order valence-corrected chi connectivity index (χ1v) is 7.59. The molecule has 0 spiro atoms. The van der Waals surface area contributed by atoms with Gasteiger partial charge in [0.05, 0.1) is 0 Å². The van der Waals surface area contributed by atoms with Crippen molar-refractivity contribution in [3.8, 4) is 0 Å². The number of carbonyl (C=O) groups is 1. The quantitative estimate of drug-likeness (QED) is 0.734. The second kappa shape index (κ2) is 6.29. The smallest absolute Gasteiger partial charge is 0.247 e. The van der Waals surface area contributed by atoms with E-state index in [0.29, 0.717) is 18.0 Å². The third-order valence-electron chi connectivity index (χ3n) is 4.25. The topological polar surface area (TPSA) is 33.5 Å². The second-order valence-electron chi connectivity index (χ2n) is 5.88. The van der Waals surface area contributed by atoms with Gasteiger partial charge in [0.1, 0.15) is 11.5 Å². The highest BCUT2D eigenvalue weighted by Crippen LogP contribution is 2.31. The lowest BCUT2D eigenvalue weighted by Crippen LogP contribution is -2.42. The van der Waals surface area contributed by atoms with Crippen LogP contribution in [-0.2, 0) is 4.79 Å². The summed E-state index contributed by atoms with van der Waals surface area (Å²) in [4.78, 5) is 14.5. The first kappa shape index (κ1) is 14.9. The molecular formula is C17H25NO2. The maximum absolute atomic E-state index is 12.5. The molecule has 110 valence electrons. The van der Waals surface area contributed by atoms with E-state index in [0.717, 1.165) is 30.8 Å². The lowest BCUT2D eigenvalue weighted by atomic mass is 9.99. The van der Waals surface area contributed by atoms with E-state index in [2.05, 4.69) is 25.7 Å². The molecular weight excluding hydrogens is 250 g/mol. The minimum atomic E-state index is 0.106. The Morgan fingerprint density at radius 3 is 2.65 bits per heavy atom. The van der Waals surface area contributed by atoms with Crippen LogP contribution in [-0.4, -0.2) is 22.9 Å². The zero-order chi connectivity index (χ0) is 14.7. The van der Waals surface area contributed by atoms with Gasteiger partial charge in [-0.25, -0.2) is 0 Å². The van der Waals surface area contributed by atoms with Crippen LogP contribution >= 0.6 is 0 Å². The van der Waals surface area contributed by atoms with E-state index in [4.69, 9.17) is 4.42 Å². The first-order chi connectivity index (χ1) is 9.52. The van der Waals surface area contributed by atoms with Crippen molar-refractivity contribution in [2.24, 2.45) is 5.92 Å². The van der Waals surface area contributed by atoms with Crippen LogP contribution in [0.5, 0.6) is 0 Å². The Bertz CT molecular complexity index is 485. The summed E-state index contributed by atoms with van der Waals surface area (Å²) < 4.78 is 5.46. The standard InChI is InChI=1S/C17H25NO2/c1-5-12(2)14(4)18(15-7-8-15)17(19)11-10-16-9-6-13(3)20-16/h6,9-12,14-15H,5,7-8H2,1-4H3. The molecule has 0 saturated heterocycles. The highest BCUT2D eigenvalue weighted by atomic mass is 16.3. The van der Waals surface area contributed by atoms with Gasteiger partial charge in [0.15, 0.2) is 0 Å². The molecule has 1 saturated carbocycles. The summed E-state index contributed by atoms with van der Waals surface area (Å²) >= 11 is 0. The molecule has 2 unspecified atom stereocenters. The fourth-order valence-corrected chi connectivity index (χ4v) is 2.46. The van der Waals surface area contributed by atoms with Crippen molar-refractivity contribution in [2.75, 3.05) is 0 Å². The molecule has 1 aliphatic rings. The Labute approximate surface area is 121 Å². The summed E-state index contributed by atoms with van der Waals surface area (Å²) in [7, 11) is 0. The zero-order valence-electron chi connectivity index (χ0n) is 12.9. The molecule has 1 heterocycles. The van der Waals surface area contributed by atoms with Gasteiger partial charge in [-0.2, -0.15) is 0 Å². The predicted octanol–water partition coefficient (Wildman–Crippen LogP) is 4.03. The maximum Gasteiger partial charge on any atom is 0.247 e. The van der Waals surface area contributed by atoms with Gasteiger partial charge in [0.2, 0.25) is 5.91 Å². The Morgan fingerprint density at radius 1 is 1.45 bits per heavy atom. The highest BCUT2D eigenvalue weighted by Gasteiger charge is 2.36. The fraction of sp³-hybridized carbons (Fsp3) is 0.588. The van der Waals surface area contributed by atoms with Crippen molar-refractivity contribution in [1.29, 1.82) is 0 Å². The van der Waals surface area contributed by atoms with Crippen molar-refractivity contribution in [1.82, 2.24) is 4.90 Å². The van der Waals surface area contributed by atoms with Gasteiger partial charge < -0.3 is 9.32 Å². The van der Waals surface area contributed by atoms with Gasteiger partial charge in [0, 0.05) is 18.2 Å². The van der Waals surface area contributed by atoms with E-state index < -0.39 is 0 Å². The molecule has 1 amide bonds. The van der Waals surface area contributed by atoms with Crippen LogP contribution in [0.2, 0.25) is 0 Å². The van der Waals surface area contributed by atoms with E-state index in [9.17, 15) is 4.79 Å². The lowest BCUT2D eigenvalue weighted by Gasteiger charge is -2.32. The Kier molecular flexibility index (Phi) is 4.69. The summed E-state index contributed by atoms with van der Waals surface area (Å²) in [6.45, 7) is 8.46. The lowest BCUT2D eigenvalue weighted by molar-refractivity contribution is -0.129. The summed E-state index contributed by atoms with van der Waals surface area (Å²) in [5.41, 5.74) is 0. The summed E-state index contributed by atoms with van der Waals surface area (Å²) in [5, 5.41) is 0. The van der Waals surface area contributed by atoms with E-state index in [1.165, 1.54) is 0 Å². The van der Waals surface area contributed by atoms with Crippen LogP contribution in [0.15, 0.2) is 22.6 Å². The monoisotopic (exact) mass is 275 g/mol. The molecule has 0 aliphatic heterocycles. The van der Waals surface area contributed by atoms with Crippen molar-refractivity contribution in [2.45, 2.75) is 59.0 Å². The Morgan fingerprint density at radius 2 is 2.15 bits per heavy atom. The highest BCUT2D eigenvalue weighted by molar-refractivity contribution is 5.92. The number of rotatable bonds is 6. The largest absolute Gasteiger partial charge is 0.462 e. The molecule has 1 aromatic heterocycles. The maximum atomic E-state index is 12.5. The molecule has 1 aliphatic carbocycles. The van der Waals surface area contributed by atoms with Gasteiger partial charge in [-0.3, -0.25) is 4.79 Å². The normalized spacial score (nSPS) is 18.2. The summed E-state index contributed by atoms with van der Waals surface area (Å²) in [6.07, 6.45) is 6.79. The minimum Gasteiger partial charge on any atom is -0.462 e. The number of aryl methyl sites for hydroxylation is 1. The van der Waals surface area contributed by atoms with Crippen LogP contribution in [0, 0.1) is 12.8 Å². The number of nitrogens with zero attached hydrogens (tertiary/aromatic N) is 1. The van der Waals surface area contributed by atoms with Gasteiger partial charge in [0.25, 0.3) is 0 Å². The van der Waals surface area contributed by atoms with Gasteiger partial charge >= 0.3 is 0 Å². The van der Waals surface area contributed by atoms with Crippen LogP contribution in [0.1, 0.15) is 51.6 Å². The summed E-state index contributed by atoms with van der Waals surface area (Å²) in [6, 6.07) is 4.53. The van der Waals surface area contributed by atoms with Crippen LogP contribution in [0.3, 0.4) is 0 Å². The predicted molar refractivity (Wildman–Crippen MR) is 81.3 cm³/mol. The van der Waals surface area contributed by atoms with Gasteiger partial charge in [-0.05, 0) is 50.8 Å².